The highest BCUT2D eigenvalue weighted by atomic mass is 16.5. The van der Waals surface area contributed by atoms with Crippen molar-refractivity contribution in [1.82, 2.24) is 9.97 Å². The molecule has 92 valence electrons. The van der Waals surface area contributed by atoms with Gasteiger partial charge in [0.15, 0.2) is 5.75 Å². The summed E-state index contributed by atoms with van der Waals surface area (Å²) in [4.78, 5) is 18.9. The minimum absolute atomic E-state index is 0.00955. The van der Waals surface area contributed by atoms with Gasteiger partial charge in [0.2, 0.25) is 0 Å². The lowest BCUT2D eigenvalue weighted by Crippen LogP contribution is -2.06. The molecule has 5 nitrogen and oxygen atoms in total. The van der Waals surface area contributed by atoms with Gasteiger partial charge in [0.05, 0.1) is 25.4 Å². The number of carboxylic acids is 1. The van der Waals surface area contributed by atoms with E-state index < -0.39 is 5.97 Å². The molecule has 0 aliphatic heterocycles. The number of ether oxygens (including phenoxy) is 1. The number of carbonyl (C=O) groups is 1. The van der Waals surface area contributed by atoms with Crippen molar-refractivity contribution in [1.29, 1.82) is 0 Å². The Morgan fingerprint density at radius 2 is 2.00 bits per heavy atom. The fraction of sp³-hybridized carbons (Fsp3) is 0.583. The SMILES string of the molecule is O=C(O)CCOc1cnc(C2CCCC2)nc1. The highest BCUT2D eigenvalue weighted by Crippen LogP contribution is 2.31. The Labute approximate surface area is 99.9 Å². The van der Waals surface area contributed by atoms with Crippen LogP contribution < -0.4 is 4.74 Å². The van der Waals surface area contributed by atoms with E-state index >= 15 is 0 Å². The van der Waals surface area contributed by atoms with Crippen molar-refractivity contribution in [2.45, 2.75) is 38.0 Å². The molecule has 0 bridgehead atoms. The Balaban J connectivity index is 1.86. The minimum Gasteiger partial charge on any atom is -0.490 e. The first-order valence-corrected chi connectivity index (χ1v) is 5.92. The van der Waals surface area contributed by atoms with Crippen molar-refractivity contribution >= 4 is 5.97 Å². The Morgan fingerprint density at radius 1 is 1.35 bits per heavy atom. The summed E-state index contributed by atoms with van der Waals surface area (Å²) >= 11 is 0. The molecular formula is C12H16N2O3. The van der Waals surface area contributed by atoms with Crippen molar-refractivity contribution < 1.29 is 14.6 Å². The van der Waals surface area contributed by atoms with Crippen LogP contribution in [0.5, 0.6) is 5.75 Å². The fourth-order valence-electron chi connectivity index (χ4n) is 2.05. The van der Waals surface area contributed by atoms with Crippen molar-refractivity contribution in [3.8, 4) is 5.75 Å². The third-order valence-corrected chi connectivity index (χ3v) is 2.95. The number of rotatable bonds is 5. The zero-order valence-corrected chi connectivity index (χ0v) is 9.63. The molecule has 5 heteroatoms. The Morgan fingerprint density at radius 3 is 2.59 bits per heavy atom. The van der Waals surface area contributed by atoms with E-state index in [1.165, 1.54) is 25.7 Å². The lowest BCUT2D eigenvalue weighted by molar-refractivity contribution is -0.137. The summed E-state index contributed by atoms with van der Waals surface area (Å²) in [6.07, 6.45) is 8.09. The van der Waals surface area contributed by atoms with E-state index in [9.17, 15) is 4.79 Å². The summed E-state index contributed by atoms with van der Waals surface area (Å²) in [6.45, 7) is 0.154. The normalized spacial score (nSPS) is 16.0. The molecule has 1 N–H and O–H groups in total. The molecule has 1 heterocycles. The van der Waals surface area contributed by atoms with Crippen LogP contribution in [0.2, 0.25) is 0 Å². The van der Waals surface area contributed by atoms with Crippen LogP contribution in [0.15, 0.2) is 12.4 Å². The van der Waals surface area contributed by atoms with Crippen LogP contribution in [0.25, 0.3) is 0 Å². The van der Waals surface area contributed by atoms with Gasteiger partial charge in [-0.2, -0.15) is 0 Å². The second-order valence-corrected chi connectivity index (χ2v) is 4.25. The van der Waals surface area contributed by atoms with E-state index in [2.05, 4.69) is 9.97 Å². The summed E-state index contributed by atoms with van der Waals surface area (Å²) in [5.41, 5.74) is 0. The molecular weight excluding hydrogens is 220 g/mol. The molecule has 0 radical (unpaired) electrons. The zero-order chi connectivity index (χ0) is 12.1. The van der Waals surface area contributed by atoms with Crippen molar-refractivity contribution in [3.63, 3.8) is 0 Å². The smallest absolute Gasteiger partial charge is 0.306 e. The van der Waals surface area contributed by atoms with Crippen molar-refractivity contribution in [3.05, 3.63) is 18.2 Å². The maximum absolute atomic E-state index is 10.3. The number of aromatic nitrogens is 2. The third kappa shape index (κ3) is 3.41. The fourth-order valence-corrected chi connectivity index (χ4v) is 2.05. The summed E-state index contributed by atoms with van der Waals surface area (Å²) in [6, 6.07) is 0. The predicted molar refractivity (Wildman–Crippen MR) is 61.0 cm³/mol. The number of nitrogens with zero attached hydrogens (tertiary/aromatic N) is 2. The van der Waals surface area contributed by atoms with Gasteiger partial charge >= 0.3 is 5.97 Å². The highest BCUT2D eigenvalue weighted by Gasteiger charge is 2.19. The van der Waals surface area contributed by atoms with E-state index in [1.54, 1.807) is 12.4 Å². The van der Waals surface area contributed by atoms with Crippen LogP contribution in [0.1, 0.15) is 43.8 Å². The van der Waals surface area contributed by atoms with Crippen LogP contribution >= 0.6 is 0 Å². The average molecular weight is 236 g/mol. The summed E-state index contributed by atoms with van der Waals surface area (Å²) < 4.78 is 5.23. The van der Waals surface area contributed by atoms with Crippen molar-refractivity contribution in [2.75, 3.05) is 6.61 Å². The molecule has 1 saturated carbocycles. The number of hydrogen-bond donors (Lipinski definition) is 1. The van der Waals surface area contributed by atoms with E-state index in [1.807, 2.05) is 0 Å². The lowest BCUT2D eigenvalue weighted by atomic mass is 10.1. The molecule has 1 aliphatic rings. The first-order chi connectivity index (χ1) is 8.25. The van der Waals surface area contributed by atoms with Crippen LogP contribution in [0.3, 0.4) is 0 Å². The Hall–Kier alpha value is -1.65. The summed E-state index contributed by atoms with van der Waals surface area (Å²) in [5, 5.41) is 8.47. The Kier molecular flexibility index (Phi) is 3.90. The van der Waals surface area contributed by atoms with Crippen LogP contribution in [0, 0.1) is 0 Å². The maximum atomic E-state index is 10.3. The average Bonchev–Trinajstić information content (AvgIpc) is 2.83. The third-order valence-electron chi connectivity index (χ3n) is 2.95. The molecule has 2 rings (SSSR count). The predicted octanol–water partition coefficient (Wildman–Crippen LogP) is 1.99. The van der Waals surface area contributed by atoms with Crippen LogP contribution in [0.4, 0.5) is 0 Å². The largest absolute Gasteiger partial charge is 0.490 e. The molecule has 0 saturated heterocycles. The molecule has 1 fully saturated rings. The van der Waals surface area contributed by atoms with Gasteiger partial charge in [-0.1, -0.05) is 12.8 Å². The summed E-state index contributed by atoms with van der Waals surface area (Å²) in [7, 11) is 0. The van der Waals surface area contributed by atoms with Gasteiger partial charge in [0.25, 0.3) is 0 Å². The first-order valence-electron chi connectivity index (χ1n) is 5.92. The highest BCUT2D eigenvalue weighted by molar-refractivity contribution is 5.66. The van der Waals surface area contributed by atoms with Gasteiger partial charge in [0.1, 0.15) is 5.82 Å². The summed E-state index contributed by atoms with van der Waals surface area (Å²) in [5.74, 6) is 1.04. The molecule has 0 aromatic carbocycles. The second-order valence-electron chi connectivity index (χ2n) is 4.25. The molecule has 1 aromatic heterocycles. The Bertz CT molecular complexity index is 372. The molecule has 0 atom stereocenters. The van der Waals surface area contributed by atoms with E-state index in [0.29, 0.717) is 11.7 Å². The van der Waals surface area contributed by atoms with Gasteiger partial charge in [0, 0.05) is 5.92 Å². The van der Waals surface area contributed by atoms with Crippen LogP contribution in [-0.4, -0.2) is 27.7 Å². The monoisotopic (exact) mass is 236 g/mol. The topological polar surface area (TPSA) is 72.3 Å². The minimum atomic E-state index is -0.867. The van der Waals surface area contributed by atoms with Gasteiger partial charge in [-0.25, -0.2) is 9.97 Å². The molecule has 0 amide bonds. The quantitative estimate of drug-likeness (QED) is 0.846. The number of hydrogen-bond acceptors (Lipinski definition) is 4. The lowest BCUT2D eigenvalue weighted by Gasteiger charge is -2.08. The van der Waals surface area contributed by atoms with Gasteiger partial charge in [-0.15, -0.1) is 0 Å². The standard InChI is InChI=1S/C12H16N2O3/c15-11(16)5-6-17-10-7-13-12(14-8-10)9-3-1-2-4-9/h7-9H,1-6H2,(H,15,16). The number of aliphatic carboxylic acids is 1. The zero-order valence-electron chi connectivity index (χ0n) is 9.63. The van der Waals surface area contributed by atoms with E-state index in [4.69, 9.17) is 9.84 Å². The molecule has 1 aliphatic carbocycles. The second kappa shape index (κ2) is 5.61. The maximum Gasteiger partial charge on any atom is 0.306 e. The van der Waals surface area contributed by atoms with Gasteiger partial charge < -0.3 is 9.84 Å². The van der Waals surface area contributed by atoms with Gasteiger partial charge in [-0.3, -0.25) is 4.79 Å². The molecule has 0 spiro atoms. The van der Waals surface area contributed by atoms with Gasteiger partial charge in [-0.05, 0) is 12.8 Å². The van der Waals surface area contributed by atoms with E-state index in [0.717, 1.165) is 5.82 Å². The molecule has 1 aromatic rings. The van der Waals surface area contributed by atoms with Crippen LogP contribution in [-0.2, 0) is 4.79 Å². The molecule has 0 unspecified atom stereocenters. The molecule has 17 heavy (non-hydrogen) atoms. The van der Waals surface area contributed by atoms with E-state index in [-0.39, 0.29) is 13.0 Å². The number of carboxylic acid groups (broad SMARTS) is 1. The first kappa shape index (κ1) is 11.8. The van der Waals surface area contributed by atoms with Crippen molar-refractivity contribution in [2.24, 2.45) is 0 Å².